The van der Waals surface area contributed by atoms with E-state index < -0.39 is 0 Å². The Morgan fingerprint density at radius 2 is 2.00 bits per heavy atom. The quantitative estimate of drug-likeness (QED) is 0.821. The smallest absolute Gasteiger partial charge is 0.126 e. The summed E-state index contributed by atoms with van der Waals surface area (Å²) in [6.45, 7) is 3.38. The summed E-state index contributed by atoms with van der Waals surface area (Å²) in [7, 11) is 0. The van der Waals surface area contributed by atoms with Gasteiger partial charge in [0.2, 0.25) is 0 Å². The monoisotopic (exact) mass is 301 g/mol. The molecule has 0 saturated carbocycles. The first kappa shape index (κ1) is 15.3. The molecular formula is C18H27N3O. The topological polar surface area (TPSA) is 48.4 Å². The summed E-state index contributed by atoms with van der Waals surface area (Å²) in [6.07, 6.45) is 12.4. The molecular weight excluding hydrogens is 274 g/mol. The normalized spacial score (nSPS) is 22.8. The molecule has 2 heterocycles. The second-order valence-corrected chi connectivity index (χ2v) is 6.55. The lowest BCUT2D eigenvalue weighted by molar-refractivity contribution is 0.203. The minimum absolute atomic E-state index is 0.325. The van der Waals surface area contributed by atoms with Gasteiger partial charge in [0, 0.05) is 26.2 Å². The number of hydrogen-bond donors (Lipinski definition) is 2. The number of aliphatic hydroxyl groups excluding tert-OH is 1. The molecule has 0 aromatic carbocycles. The van der Waals surface area contributed by atoms with Gasteiger partial charge >= 0.3 is 0 Å². The van der Waals surface area contributed by atoms with Gasteiger partial charge in [-0.3, -0.25) is 0 Å². The second kappa shape index (κ2) is 7.63. The van der Waals surface area contributed by atoms with Crippen molar-refractivity contribution >= 4 is 11.5 Å². The Labute approximate surface area is 133 Å². The van der Waals surface area contributed by atoms with Crippen LogP contribution in [-0.4, -0.2) is 36.3 Å². The Morgan fingerprint density at radius 1 is 1.14 bits per heavy atom. The van der Waals surface area contributed by atoms with Gasteiger partial charge in [-0.1, -0.05) is 12.2 Å². The maximum Gasteiger partial charge on any atom is 0.126 e. The zero-order valence-corrected chi connectivity index (χ0v) is 13.2. The third kappa shape index (κ3) is 4.01. The van der Waals surface area contributed by atoms with Gasteiger partial charge in [-0.2, -0.15) is 0 Å². The third-order valence-corrected chi connectivity index (χ3v) is 4.94. The molecule has 1 aromatic heterocycles. The Hall–Kier alpha value is -1.55. The van der Waals surface area contributed by atoms with Crippen LogP contribution in [0.3, 0.4) is 0 Å². The number of nitrogens with zero attached hydrogens (tertiary/aromatic N) is 2. The number of nitrogens with one attached hydrogen (secondary N) is 1. The van der Waals surface area contributed by atoms with Crippen molar-refractivity contribution in [3.8, 4) is 0 Å². The molecule has 2 N–H and O–H groups in total. The number of piperidine rings is 1. The van der Waals surface area contributed by atoms with Crippen LogP contribution in [0.4, 0.5) is 11.5 Å². The maximum atomic E-state index is 9.21. The Balaban J connectivity index is 1.48. The highest BCUT2D eigenvalue weighted by atomic mass is 16.3. The minimum Gasteiger partial charge on any atom is -0.396 e. The number of anilines is 2. The fourth-order valence-corrected chi connectivity index (χ4v) is 3.34. The molecule has 1 saturated heterocycles. The molecule has 1 aliphatic heterocycles. The van der Waals surface area contributed by atoms with Crippen LogP contribution in [0.1, 0.15) is 32.1 Å². The second-order valence-electron chi connectivity index (χ2n) is 6.55. The average molecular weight is 301 g/mol. The van der Waals surface area contributed by atoms with Gasteiger partial charge in [-0.15, -0.1) is 0 Å². The number of aromatic nitrogens is 1. The zero-order valence-electron chi connectivity index (χ0n) is 13.2. The van der Waals surface area contributed by atoms with Crippen molar-refractivity contribution in [2.24, 2.45) is 11.8 Å². The lowest BCUT2D eigenvalue weighted by Crippen LogP contribution is -2.34. The minimum atomic E-state index is 0.325. The largest absolute Gasteiger partial charge is 0.396 e. The highest BCUT2D eigenvalue weighted by Crippen LogP contribution is 2.23. The van der Waals surface area contributed by atoms with Crippen molar-refractivity contribution in [2.45, 2.75) is 32.1 Å². The fraction of sp³-hybridized carbons (Fsp3) is 0.611. The Morgan fingerprint density at radius 3 is 2.64 bits per heavy atom. The summed E-state index contributed by atoms with van der Waals surface area (Å²) < 4.78 is 0. The molecule has 4 nitrogen and oxygen atoms in total. The van der Waals surface area contributed by atoms with E-state index in [9.17, 15) is 5.11 Å². The van der Waals surface area contributed by atoms with Crippen LogP contribution in [0, 0.1) is 11.8 Å². The van der Waals surface area contributed by atoms with Crippen LogP contribution in [0.15, 0.2) is 30.5 Å². The Bertz CT molecular complexity index is 478. The predicted octanol–water partition coefficient (Wildman–Crippen LogP) is 3.06. The number of hydrogen-bond acceptors (Lipinski definition) is 4. The zero-order chi connectivity index (χ0) is 15.2. The maximum absolute atomic E-state index is 9.21. The van der Waals surface area contributed by atoms with E-state index in [0.717, 1.165) is 44.2 Å². The molecule has 4 heteroatoms. The van der Waals surface area contributed by atoms with Crippen LogP contribution in [0.2, 0.25) is 0 Å². The molecule has 0 bridgehead atoms. The predicted molar refractivity (Wildman–Crippen MR) is 91.2 cm³/mol. The molecule has 1 aromatic rings. The van der Waals surface area contributed by atoms with Gasteiger partial charge in [0.25, 0.3) is 0 Å². The van der Waals surface area contributed by atoms with Gasteiger partial charge in [0.15, 0.2) is 0 Å². The van der Waals surface area contributed by atoms with Gasteiger partial charge in [0.1, 0.15) is 5.82 Å². The molecule has 1 unspecified atom stereocenters. The van der Waals surface area contributed by atoms with Crippen LogP contribution in [-0.2, 0) is 0 Å². The SMILES string of the molecule is OCC1CCN(c2ccc(NCC3CC=CCC3)nc2)CC1. The molecule has 1 aliphatic carbocycles. The standard InChI is InChI=1S/C18H27N3O/c22-14-16-8-10-21(11-9-16)17-6-7-18(20-13-17)19-12-15-4-2-1-3-5-15/h1-2,6-7,13,15-16,22H,3-5,8-12,14H2,(H,19,20). The van der Waals surface area contributed by atoms with E-state index in [2.05, 4.69) is 39.5 Å². The van der Waals surface area contributed by atoms with Crippen LogP contribution >= 0.6 is 0 Å². The van der Waals surface area contributed by atoms with E-state index in [1.165, 1.54) is 24.9 Å². The first-order chi connectivity index (χ1) is 10.8. The van der Waals surface area contributed by atoms with E-state index in [4.69, 9.17) is 0 Å². The molecule has 2 aliphatic rings. The molecule has 120 valence electrons. The van der Waals surface area contributed by atoms with Gasteiger partial charge < -0.3 is 15.3 Å². The summed E-state index contributed by atoms with van der Waals surface area (Å²) in [5.74, 6) is 2.20. The summed E-state index contributed by atoms with van der Waals surface area (Å²) in [5, 5.41) is 12.7. The lowest BCUT2D eigenvalue weighted by Gasteiger charge is -2.32. The van der Waals surface area contributed by atoms with Gasteiger partial charge in [-0.05, 0) is 56.1 Å². The third-order valence-electron chi connectivity index (χ3n) is 4.94. The first-order valence-electron chi connectivity index (χ1n) is 8.56. The van der Waals surface area contributed by atoms with Crippen LogP contribution < -0.4 is 10.2 Å². The molecule has 3 rings (SSSR count). The fourth-order valence-electron chi connectivity index (χ4n) is 3.34. The molecule has 0 spiro atoms. The molecule has 0 radical (unpaired) electrons. The van der Waals surface area contributed by atoms with Gasteiger partial charge in [-0.25, -0.2) is 4.98 Å². The molecule has 1 fully saturated rings. The van der Waals surface area contributed by atoms with E-state index in [-0.39, 0.29) is 0 Å². The van der Waals surface area contributed by atoms with Crippen molar-refractivity contribution in [1.82, 2.24) is 4.98 Å². The highest BCUT2D eigenvalue weighted by Gasteiger charge is 2.18. The van der Waals surface area contributed by atoms with E-state index >= 15 is 0 Å². The van der Waals surface area contributed by atoms with Crippen LogP contribution in [0.25, 0.3) is 0 Å². The van der Waals surface area contributed by atoms with Gasteiger partial charge in [0.05, 0.1) is 11.9 Å². The van der Waals surface area contributed by atoms with E-state index in [1.807, 2.05) is 6.20 Å². The van der Waals surface area contributed by atoms with Crippen molar-refractivity contribution in [3.63, 3.8) is 0 Å². The number of aliphatic hydroxyl groups is 1. The summed E-state index contributed by atoms with van der Waals surface area (Å²) in [5.41, 5.74) is 1.20. The summed E-state index contributed by atoms with van der Waals surface area (Å²) in [6, 6.07) is 4.25. The van der Waals surface area contributed by atoms with E-state index in [1.54, 1.807) is 0 Å². The average Bonchev–Trinajstić information content (AvgIpc) is 2.61. The number of pyridine rings is 1. The molecule has 1 atom stereocenters. The summed E-state index contributed by atoms with van der Waals surface area (Å²) >= 11 is 0. The van der Waals surface area contributed by atoms with Crippen molar-refractivity contribution in [2.75, 3.05) is 36.5 Å². The summed E-state index contributed by atoms with van der Waals surface area (Å²) in [4.78, 5) is 6.93. The van der Waals surface area contributed by atoms with Crippen molar-refractivity contribution in [3.05, 3.63) is 30.5 Å². The Kier molecular flexibility index (Phi) is 5.33. The number of rotatable bonds is 5. The molecule has 22 heavy (non-hydrogen) atoms. The van der Waals surface area contributed by atoms with Crippen molar-refractivity contribution in [1.29, 1.82) is 0 Å². The van der Waals surface area contributed by atoms with E-state index in [0.29, 0.717) is 12.5 Å². The highest BCUT2D eigenvalue weighted by molar-refractivity contribution is 5.49. The lowest BCUT2D eigenvalue weighted by atomic mass is 9.94. The molecule has 0 amide bonds. The van der Waals surface area contributed by atoms with Crippen LogP contribution in [0.5, 0.6) is 0 Å². The van der Waals surface area contributed by atoms with Crippen molar-refractivity contribution < 1.29 is 5.11 Å². The first-order valence-corrected chi connectivity index (χ1v) is 8.56. The number of allylic oxidation sites excluding steroid dienone is 2.